The summed E-state index contributed by atoms with van der Waals surface area (Å²) in [6, 6.07) is 6.13. The molecule has 19 heavy (non-hydrogen) atoms. The molecular weight excluding hydrogens is 238 g/mol. The summed E-state index contributed by atoms with van der Waals surface area (Å²) < 4.78 is 0. The van der Waals surface area contributed by atoms with Crippen molar-refractivity contribution < 1.29 is 4.79 Å². The third-order valence-electron chi connectivity index (χ3n) is 3.77. The van der Waals surface area contributed by atoms with E-state index in [4.69, 9.17) is 5.73 Å². The molecule has 0 radical (unpaired) electrons. The fraction of sp³-hybridized carbons (Fsp3) is 0.533. The number of hydrogen-bond donors (Lipinski definition) is 1. The van der Waals surface area contributed by atoms with Gasteiger partial charge in [0.1, 0.15) is 0 Å². The van der Waals surface area contributed by atoms with Gasteiger partial charge in [0.25, 0.3) is 5.91 Å². The van der Waals surface area contributed by atoms with Crippen molar-refractivity contribution in [3.05, 3.63) is 23.8 Å². The van der Waals surface area contributed by atoms with E-state index in [0.717, 1.165) is 12.2 Å². The summed E-state index contributed by atoms with van der Waals surface area (Å²) in [5, 5.41) is 0. The summed E-state index contributed by atoms with van der Waals surface area (Å²) in [6.45, 7) is 5.52. The maximum absolute atomic E-state index is 11.9. The molecule has 1 aromatic carbocycles. The van der Waals surface area contributed by atoms with Gasteiger partial charge in [0.2, 0.25) is 0 Å². The molecule has 0 saturated carbocycles. The molecule has 0 aliphatic carbocycles. The zero-order valence-corrected chi connectivity index (χ0v) is 12.2. The molecule has 1 aliphatic rings. The van der Waals surface area contributed by atoms with Crippen molar-refractivity contribution in [1.82, 2.24) is 4.90 Å². The van der Waals surface area contributed by atoms with Crippen molar-refractivity contribution in [1.29, 1.82) is 0 Å². The van der Waals surface area contributed by atoms with Crippen molar-refractivity contribution in [2.75, 3.05) is 31.3 Å². The monoisotopic (exact) mass is 261 g/mol. The van der Waals surface area contributed by atoms with Crippen LogP contribution in [0, 0.1) is 5.92 Å². The molecule has 1 heterocycles. The SMILES string of the molecule is CC1CC(C)N(c2ccc(C(=O)N(C)C)cc2N)C1. The minimum atomic E-state index is -0.0129. The van der Waals surface area contributed by atoms with E-state index in [2.05, 4.69) is 18.7 Å². The van der Waals surface area contributed by atoms with Crippen LogP contribution in [0.15, 0.2) is 18.2 Å². The second-order valence-corrected chi connectivity index (χ2v) is 5.82. The van der Waals surface area contributed by atoms with Gasteiger partial charge in [-0.3, -0.25) is 4.79 Å². The molecule has 104 valence electrons. The Hall–Kier alpha value is -1.71. The Balaban J connectivity index is 2.27. The number of nitrogen functional groups attached to an aromatic ring is 1. The third kappa shape index (κ3) is 2.67. The Morgan fingerprint density at radius 1 is 1.37 bits per heavy atom. The Kier molecular flexibility index (Phi) is 3.69. The molecule has 2 rings (SSSR count). The van der Waals surface area contributed by atoms with Crippen molar-refractivity contribution >= 4 is 17.3 Å². The molecule has 4 heteroatoms. The molecule has 0 spiro atoms. The molecule has 0 bridgehead atoms. The predicted octanol–water partition coefficient (Wildman–Crippen LogP) is 2.21. The van der Waals surface area contributed by atoms with Crippen molar-refractivity contribution in [3.8, 4) is 0 Å². The van der Waals surface area contributed by atoms with Gasteiger partial charge in [-0.1, -0.05) is 6.92 Å². The van der Waals surface area contributed by atoms with Crippen LogP contribution in [0.3, 0.4) is 0 Å². The largest absolute Gasteiger partial charge is 0.397 e. The van der Waals surface area contributed by atoms with Crippen LogP contribution >= 0.6 is 0 Å². The number of benzene rings is 1. The number of amides is 1. The molecule has 1 aromatic rings. The van der Waals surface area contributed by atoms with Gasteiger partial charge in [0.15, 0.2) is 0 Å². The lowest BCUT2D eigenvalue weighted by molar-refractivity contribution is 0.0827. The number of carbonyl (C=O) groups is 1. The number of rotatable bonds is 2. The van der Waals surface area contributed by atoms with Crippen LogP contribution in [0.25, 0.3) is 0 Å². The molecule has 0 aromatic heterocycles. The minimum Gasteiger partial charge on any atom is -0.397 e. The fourth-order valence-electron chi connectivity index (χ4n) is 2.84. The highest BCUT2D eigenvalue weighted by Crippen LogP contribution is 2.33. The molecule has 1 fully saturated rings. The Bertz CT molecular complexity index is 484. The standard InChI is InChI=1S/C15H23N3O/c1-10-7-11(2)18(9-10)14-6-5-12(8-13(14)16)15(19)17(3)4/h5-6,8,10-11H,7,9,16H2,1-4H3. The lowest BCUT2D eigenvalue weighted by Gasteiger charge is -2.25. The zero-order valence-electron chi connectivity index (χ0n) is 12.2. The lowest BCUT2D eigenvalue weighted by Crippen LogP contribution is -2.28. The molecule has 1 amide bonds. The van der Waals surface area contributed by atoms with Crippen LogP contribution in [-0.2, 0) is 0 Å². The first-order valence-corrected chi connectivity index (χ1v) is 6.78. The number of nitrogens with zero attached hydrogens (tertiary/aromatic N) is 2. The van der Waals surface area contributed by atoms with Gasteiger partial charge >= 0.3 is 0 Å². The van der Waals surface area contributed by atoms with Crippen LogP contribution in [0.1, 0.15) is 30.6 Å². The molecule has 1 aliphatic heterocycles. The number of nitrogens with two attached hydrogens (primary N) is 1. The summed E-state index contributed by atoms with van der Waals surface area (Å²) >= 11 is 0. The first-order chi connectivity index (χ1) is 8.90. The Morgan fingerprint density at radius 3 is 2.53 bits per heavy atom. The zero-order chi connectivity index (χ0) is 14.2. The minimum absolute atomic E-state index is 0.0129. The highest BCUT2D eigenvalue weighted by molar-refractivity contribution is 5.95. The van der Waals surface area contributed by atoms with Crippen LogP contribution < -0.4 is 10.6 Å². The third-order valence-corrected chi connectivity index (χ3v) is 3.77. The molecule has 2 atom stereocenters. The fourth-order valence-corrected chi connectivity index (χ4v) is 2.84. The van der Waals surface area contributed by atoms with E-state index in [1.165, 1.54) is 6.42 Å². The topological polar surface area (TPSA) is 49.6 Å². The van der Waals surface area contributed by atoms with Gasteiger partial charge < -0.3 is 15.5 Å². The van der Waals surface area contributed by atoms with E-state index < -0.39 is 0 Å². The predicted molar refractivity (Wildman–Crippen MR) is 79.5 cm³/mol. The van der Waals surface area contributed by atoms with E-state index in [-0.39, 0.29) is 5.91 Å². The summed E-state index contributed by atoms with van der Waals surface area (Å²) in [5.41, 5.74) is 8.52. The van der Waals surface area contributed by atoms with Gasteiger partial charge in [-0.15, -0.1) is 0 Å². The number of hydrogen-bond acceptors (Lipinski definition) is 3. The van der Waals surface area contributed by atoms with E-state index in [1.807, 2.05) is 12.1 Å². The smallest absolute Gasteiger partial charge is 0.253 e. The van der Waals surface area contributed by atoms with Crippen molar-refractivity contribution in [2.24, 2.45) is 5.92 Å². The van der Waals surface area contributed by atoms with Gasteiger partial charge in [0.05, 0.1) is 11.4 Å². The van der Waals surface area contributed by atoms with E-state index in [1.54, 1.807) is 25.1 Å². The Morgan fingerprint density at radius 2 is 2.05 bits per heavy atom. The quantitative estimate of drug-likeness (QED) is 0.830. The van der Waals surface area contributed by atoms with Crippen LogP contribution in [0.5, 0.6) is 0 Å². The summed E-state index contributed by atoms with van der Waals surface area (Å²) in [7, 11) is 3.49. The van der Waals surface area contributed by atoms with E-state index in [0.29, 0.717) is 23.2 Å². The van der Waals surface area contributed by atoms with Gasteiger partial charge in [-0.2, -0.15) is 0 Å². The normalized spacial score (nSPS) is 22.6. The molecule has 4 nitrogen and oxygen atoms in total. The Labute approximate surface area is 115 Å². The second-order valence-electron chi connectivity index (χ2n) is 5.82. The highest BCUT2D eigenvalue weighted by atomic mass is 16.2. The van der Waals surface area contributed by atoms with Gasteiger partial charge in [-0.05, 0) is 37.5 Å². The maximum atomic E-state index is 11.9. The van der Waals surface area contributed by atoms with Crippen LogP contribution in [0.4, 0.5) is 11.4 Å². The van der Waals surface area contributed by atoms with E-state index in [9.17, 15) is 4.79 Å². The summed E-state index contributed by atoms with van der Waals surface area (Å²) in [4.78, 5) is 15.8. The first-order valence-electron chi connectivity index (χ1n) is 6.78. The number of carbonyl (C=O) groups excluding carboxylic acids is 1. The average Bonchev–Trinajstić information content (AvgIpc) is 2.67. The van der Waals surface area contributed by atoms with Crippen molar-refractivity contribution in [2.45, 2.75) is 26.3 Å². The molecule has 1 saturated heterocycles. The number of anilines is 2. The van der Waals surface area contributed by atoms with Gasteiger partial charge in [-0.25, -0.2) is 0 Å². The lowest BCUT2D eigenvalue weighted by atomic mass is 10.1. The molecule has 2 N–H and O–H groups in total. The van der Waals surface area contributed by atoms with Crippen molar-refractivity contribution in [3.63, 3.8) is 0 Å². The second kappa shape index (κ2) is 5.11. The van der Waals surface area contributed by atoms with Crippen LogP contribution in [0.2, 0.25) is 0 Å². The molecule has 2 unspecified atom stereocenters. The summed E-state index contributed by atoms with van der Waals surface area (Å²) in [5.74, 6) is 0.679. The first kappa shape index (κ1) is 13.7. The van der Waals surface area contributed by atoms with Crippen LogP contribution in [-0.4, -0.2) is 37.5 Å². The maximum Gasteiger partial charge on any atom is 0.253 e. The molecular formula is C15H23N3O. The highest BCUT2D eigenvalue weighted by Gasteiger charge is 2.27. The summed E-state index contributed by atoms with van der Waals surface area (Å²) in [6.07, 6.45) is 1.19. The average molecular weight is 261 g/mol. The van der Waals surface area contributed by atoms with Gasteiger partial charge in [0, 0.05) is 32.2 Å². The van der Waals surface area contributed by atoms with E-state index >= 15 is 0 Å².